The average Bonchev–Trinajstić information content (AvgIpc) is 3.14. The molecule has 2 rings (SSSR count). The molecule has 0 aromatic carbocycles. The minimum atomic E-state index is -0.209. The van der Waals surface area contributed by atoms with E-state index >= 15 is 0 Å². The summed E-state index contributed by atoms with van der Waals surface area (Å²) in [6, 6.07) is 3.56. The zero-order valence-electron chi connectivity index (χ0n) is 12.6. The van der Waals surface area contributed by atoms with Crippen LogP contribution in [0.2, 0.25) is 0 Å². The summed E-state index contributed by atoms with van der Waals surface area (Å²) in [5.41, 5.74) is 0. The van der Waals surface area contributed by atoms with E-state index in [1.54, 1.807) is 37.1 Å². The number of hydrogen-bond acceptors (Lipinski definition) is 6. The van der Waals surface area contributed by atoms with Crippen LogP contribution < -0.4 is 5.32 Å². The molecular weight excluding hydrogens is 306 g/mol. The SMILES string of the molecule is CNC(=O)CN(C)C(=O)CSc1nnc(-c2ccco2)n1C. The highest BCUT2D eigenvalue weighted by molar-refractivity contribution is 7.99. The molecule has 0 saturated carbocycles. The highest BCUT2D eigenvalue weighted by Gasteiger charge is 2.17. The number of carbonyl (C=O) groups excluding carboxylic acids is 2. The fraction of sp³-hybridized carbons (Fsp3) is 0.385. The lowest BCUT2D eigenvalue weighted by Gasteiger charge is -2.15. The third kappa shape index (κ3) is 3.67. The molecule has 2 aromatic heterocycles. The van der Waals surface area contributed by atoms with Crippen LogP contribution >= 0.6 is 11.8 Å². The molecule has 0 aliphatic heterocycles. The summed E-state index contributed by atoms with van der Waals surface area (Å²) < 4.78 is 7.04. The standard InChI is InChI=1S/C13H17N5O3S/c1-14-10(19)7-17(2)11(20)8-22-13-16-15-12(18(13)3)9-5-4-6-21-9/h4-6H,7-8H2,1-3H3,(H,14,19). The van der Waals surface area contributed by atoms with Gasteiger partial charge in [-0.25, -0.2) is 0 Å². The minimum absolute atomic E-state index is 0.0341. The average molecular weight is 323 g/mol. The van der Waals surface area contributed by atoms with Crippen LogP contribution in [0.1, 0.15) is 0 Å². The molecule has 2 heterocycles. The molecular formula is C13H17N5O3S. The Kier molecular flexibility index (Phi) is 5.21. The predicted octanol–water partition coefficient (Wildman–Crippen LogP) is 0.372. The van der Waals surface area contributed by atoms with E-state index < -0.39 is 0 Å². The number of nitrogens with one attached hydrogen (secondary N) is 1. The Bertz CT molecular complexity index is 653. The van der Waals surface area contributed by atoms with Gasteiger partial charge in [-0.15, -0.1) is 10.2 Å². The van der Waals surface area contributed by atoms with Crippen molar-refractivity contribution < 1.29 is 14.0 Å². The number of aromatic nitrogens is 3. The molecule has 0 aliphatic rings. The van der Waals surface area contributed by atoms with Gasteiger partial charge in [0.25, 0.3) is 0 Å². The summed E-state index contributed by atoms with van der Waals surface area (Å²) in [6.45, 7) is 0.0341. The first-order valence-corrected chi connectivity index (χ1v) is 7.52. The Morgan fingerprint density at radius 2 is 2.23 bits per heavy atom. The zero-order chi connectivity index (χ0) is 16.1. The summed E-state index contributed by atoms with van der Waals surface area (Å²) in [6.07, 6.45) is 1.56. The molecule has 22 heavy (non-hydrogen) atoms. The third-order valence-electron chi connectivity index (χ3n) is 2.99. The Balaban J connectivity index is 1.95. The molecule has 0 saturated heterocycles. The number of amides is 2. The van der Waals surface area contributed by atoms with E-state index in [-0.39, 0.29) is 24.1 Å². The highest BCUT2D eigenvalue weighted by atomic mass is 32.2. The number of rotatable bonds is 6. The Morgan fingerprint density at radius 1 is 1.45 bits per heavy atom. The van der Waals surface area contributed by atoms with Gasteiger partial charge in [0, 0.05) is 21.1 Å². The van der Waals surface area contributed by atoms with Gasteiger partial charge in [-0.3, -0.25) is 9.59 Å². The van der Waals surface area contributed by atoms with E-state index in [9.17, 15) is 9.59 Å². The highest BCUT2D eigenvalue weighted by Crippen LogP contribution is 2.22. The first-order chi connectivity index (χ1) is 10.5. The number of likely N-dealkylation sites (N-methyl/N-ethyl adjacent to an activating group) is 2. The van der Waals surface area contributed by atoms with Gasteiger partial charge >= 0.3 is 0 Å². The van der Waals surface area contributed by atoms with Gasteiger partial charge in [0.2, 0.25) is 11.8 Å². The van der Waals surface area contributed by atoms with Crippen molar-refractivity contribution in [2.75, 3.05) is 26.4 Å². The smallest absolute Gasteiger partial charge is 0.239 e. The Morgan fingerprint density at radius 3 is 2.86 bits per heavy atom. The van der Waals surface area contributed by atoms with Gasteiger partial charge in [0.15, 0.2) is 16.7 Å². The lowest BCUT2D eigenvalue weighted by molar-refractivity contribution is -0.132. The predicted molar refractivity (Wildman–Crippen MR) is 81.1 cm³/mol. The maximum Gasteiger partial charge on any atom is 0.239 e. The maximum absolute atomic E-state index is 12.0. The van der Waals surface area contributed by atoms with Crippen molar-refractivity contribution in [3.8, 4) is 11.6 Å². The van der Waals surface area contributed by atoms with Crippen LogP contribution in [-0.4, -0.2) is 57.9 Å². The van der Waals surface area contributed by atoms with Crippen LogP contribution in [-0.2, 0) is 16.6 Å². The van der Waals surface area contributed by atoms with Gasteiger partial charge < -0.3 is 19.2 Å². The van der Waals surface area contributed by atoms with E-state index in [0.717, 1.165) is 0 Å². The van der Waals surface area contributed by atoms with E-state index in [1.165, 1.54) is 23.7 Å². The van der Waals surface area contributed by atoms with Crippen LogP contribution in [0, 0.1) is 0 Å². The van der Waals surface area contributed by atoms with Gasteiger partial charge in [-0.05, 0) is 12.1 Å². The fourth-order valence-electron chi connectivity index (χ4n) is 1.68. The van der Waals surface area contributed by atoms with E-state index in [4.69, 9.17) is 4.42 Å². The summed E-state index contributed by atoms with van der Waals surface area (Å²) in [7, 11) is 4.92. The summed E-state index contributed by atoms with van der Waals surface area (Å²) in [5.74, 6) is 1.02. The molecule has 0 aliphatic carbocycles. The molecule has 0 fully saturated rings. The van der Waals surface area contributed by atoms with Crippen LogP contribution in [0.15, 0.2) is 28.0 Å². The van der Waals surface area contributed by atoms with Crippen molar-refractivity contribution in [3.05, 3.63) is 18.4 Å². The Labute approximate surface area is 131 Å². The number of carbonyl (C=O) groups is 2. The van der Waals surface area contributed by atoms with Crippen molar-refractivity contribution in [1.82, 2.24) is 25.0 Å². The zero-order valence-corrected chi connectivity index (χ0v) is 13.4. The molecule has 118 valence electrons. The monoisotopic (exact) mass is 323 g/mol. The molecule has 2 amide bonds. The third-order valence-corrected chi connectivity index (χ3v) is 3.99. The van der Waals surface area contributed by atoms with Gasteiger partial charge in [0.05, 0.1) is 18.6 Å². The summed E-state index contributed by atoms with van der Waals surface area (Å²) >= 11 is 1.26. The van der Waals surface area contributed by atoms with Crippen molar-refractivity contribution >= 4 is 23.6 Å². The number of nitrogens with zero attached hydrogens (tertiary/aromatic N) is 4. The van der Waals surface area contributed by atoms with Crippen molar-refractivity contribution in [2.24, 2.45) is 7.05 Å². The molecule has 0 unspecified atom stereocenters. The van der Waals surface area contributed by atoms with E-state index in [1.807, 2.05) is 0 Å². The molecule has 9 heteroatoms. The topological polar surface area (TPSA) is 93.3 Å². The van der Waals surface area contributed by atoms with E-state index in [2.05, 4.69) is 15.5 Å². The molecule has 0 radical (unpaired) electrons. The van der Waals surface area contributed by atoms with Crippen molar-refractivity contribution in [2.45, 2.75) is 5.16 Å². The van der Waals surface area contributed by atoms with Crippen molar-refractivity contribution in [3.63, 3.8) is 0 Å². The molecule has 2 aromatic rings. The first kappa shape index (κ1) is 16.1. The lowest BCUT2D eigenvalue weighted by atomic mass is 10.4. The Hall–Kier alpha value is -2.29. The van der Waals surface area contributed by atoms with Gasteiger partial charge in [-0.2, -0.15) is 0 Å². The van der Waals surface area contributed by atoms with Crippen LogP contribution in [0.5, 0.6) is 0 Å². The summed E-state index contributed by atoms with van der Waals surface area (Å²) in [5, 5.41) is 11.2. The molecule has 1 N–H and O–H groups in total. The second-order valence-corrected chi connectivity index (χ2v) is 5.50. The quantitative estimate of drug-likeness (QED) is 0.772. The molecule has 0 bridgehead atoms. The minimum Gasteiger partial charge on any atom is -0.461 e. The van der Waals surface area contributed by atoms with E-state index in [0.29, 0.717) is 16.7 Å². The normalized spacial score (nSPS) is 10.5. The maximum atomic E-state index is 12.0. The van der Waals surface area contributed by atoms with Gasteiger partial charge in [-0.1, -0.05) is 11.8 Å². The number of furan rings is 1. The molecule has 0 spiro atoms. The first-order valence-electron chi connectivity index (χ1n) is 6.53. The van der Waals surface area contributed by atoms with Crippen LogP contribution in [0.4, 0.5) is 0 Å². The van der Waals surface area contributed by atoms with Crippen molar-refractivity contribution in [1.29, 1.82) is 0 Å². The fourth-order valence-corrected chi connectivity index (χ4v) is 2.53. The van der Waals surface area contributed by atoms with Gasteiger partial charge in [0.1, 0.15) is 0 Å². The lowest BCUT2D eigenvalue weighted by Crippen LogP contribution is -2.37. The molecule has 0 atom stereocenters. The summed E-state index contributed by atoms with van der Waals surface area (Å²) in [4.78, 5) is 24.6. The molecule has 8 nitrogen and oxygen atoms in total. The van der Waals surface area contributed by atoms with Crippen LogP contribution in [0.3, 0.4) is 0 Å². The second-order valence-electron chi connectivity index (χ2n) is 4.55. The largest absolute Gasteiger partial charge is 0.461 e. The second kappa shape index (κ2) is 7.12. The number of hydrogen-bond donors (Lipinski definition) is 1. The number of thioether (sulfide) groups is 1. The van der Waals surface area contributed by atoms with Crippen LogP contribution in [0.25, 0.3) is 11.6 Å².